The number of carbonyl (C=O) groups is 3. The smallest absolute Gasteiger partial charge is 0.349 e. The molecule has 0 radical (unpaired) electrons. The minimum atomic E-state index is -0.675. The van der Waals surface area contributed by atoms with Gasteiger partial charge in [-0.25, -0.2) is 14.4 Å². The average molecular weight is 472 g/mol. The highest BCUT2D eigenvalue weighted by atomic mass is 16.5. The number of rotatable bonds is 6. The van der Waals surface area contributed by atoms with Crippen LogP contribution in [0.5, 0.6) is 0 Å². The van der Waals surface area contributed by atoms with E-state index in [2.05, 4.69) is 0 Å². The molecule has 0 aromatic heterocycles. The van der Waals surface area contributed by atoms with Crippen molar-refractivity contribution in [2.75, 3.05) is 20.8 Å². The van der Waals surface area contributed by atoms with Gasteiger partial charge in [0.1, 0.15) is 11.6 Å². The Bertz CT molecular complexity index is 1180. The highest BCUT2D eigenvalue weighted by Gasteiger charge is 2.27. The number of nitrogens with zero attached hydrogens (tertiary/aromatic N) is 1. The van der Waals surface area contributed by atoms with Crippen LogP contribution in [0.1, 0.15) is 51.6 Å². The van der Waals surface area contributed by atoms with Crippen LogP contribution in [0.4, 0.5) is 0 Å². The summed E-state index contributed by atoms with van der Waals surface area (Å²) in [5, 5.41) is 9.83. The van der Waals surface area contributed by atoms with Gasteiger partial charge in [-0.2, -0.15) is 5.26 Å². The fraction of sp³-hybridized carbons (Fsp3) is 0.214. The van der Waals surface area contributed by atoms with Crippen molar-refractivity contribution in [3.05, 3.63) is 93.1 Å². The topological polar surface area (TPSA) is 103 Å². The van der Waals surface area contributed by atoms with Gasteiger partial charge in [0.15, 0.2) is 0 Å². The molecule has 0 bridgehead atoms. The lowest BCUT2D eigenvalue weighted by Crippen LogP contribution is -2.09. The van der Waals surface area contributed by atoms with E-state index in [1.807, 2.05) is 18.2 Å². The van der Waals surface area contributed by atoms with Crippen molar-refractivity contribution < 1.29 is 28.6 Å². The Labute approximate surface area is 203 Å². The summed E-state index contributed by atoms with van der Waals surface area (Å²) >= 11 is 0. The summed E-state index contributed by atoms with van der Waals surface area (Å²) in [4.78, 5) is 36.0. The number of methoxy groups -OCH3 is 2. The van der Waals surface area contributed by atoms with Gasteiger partial charge in [-0.3, -0.25) is 0 Å². The van der Waals surface area contributed by atoms with Crippen molar-refractivity contribution >= 4 is 30.1 Å². The van der Waals surface area contributed by atoms with Gasteiger partial charge < -0.3 is 14.2 Å². The number of esters is 3. The van der Waals surface area contributed by atoms with E-state index in [1.165, 1.54) is 14.2 Å². The highest BCUT2D eigenvalue weighted by molar-refractivity contribution is 5.97. The molecule has 3 rings (SSSR count). The van der Waals surface area contributed by atoms with E-state index in [9.17, 15) is 19.6 Å². The average Bonchev–Trinajstić information content (AvgIpc) is 3.26. The number of hydrogen-bond acceptors (Lipinski definition) is 7. The fourth-order valence-electron chi connectivity index (χ4n) is 3.81. The third-order valence-corrected chi connectivity index (χ3v) is 5.49. The summed E-state index contributed by atoms with van der Waals surface area (Å²) in [6, 6.07) is 15.8. The minimum Gasteiger partial charge on any atom is -0.465 e. The molecular weight excluding hydrogens is 446 g/mol. The molecule has 178 valence electrons. The molecule has 0 spiro atoms. The second-order valence-corrected chi connectivity index (χ2v) is 7.65. The zero-order valence-electron chi connectivity index (χ0n) is 19.8. The van der Waals surface area contributed by atoms with E-state index < -0.39 is 17.9 Å². The molecule has 0 atom stereocenters. The summed E-state index contributed by atoms with van der Waals surface area (Å²) in [5.74, 6) is -1.53. The summed E-state index contributed by atoms with van der Waals surface area (Å²) < 4.78 is 14.6. The molecule has 2 aromatic carbocycles. The zero-order chi connectivity index (χ0) is 25.4. The fourth-order valence-corrected chi connectivity index (χ4v) is 3.81. The van der Waals surface area contributed by atoms with Crippen LogP contribution in [0, 0.1) is 11.3 Å². The molecule has 0 aliphatic heterocycles. The molecule has 0 N–H and O–H groups in total. The molecule has 0 saturated heterocycles. The molecule has 2 aromatic rings. The molecule has 7 heteroatoms. The summed E-state index contributed by atoms with van der Waals surface area (Å²) in [7, 11) is 2.65. The first-order valence-electron chi connectivity index (χ1n) is 11.0. The second-order valence-electron chi connectivity index (χ2n) is 7.65. The lowest BCUT2D eigenvalue weighted by molar-refractivity contribution is -0.138. The predicted octanol–water partition coefficient (Wildman–Crippen LogP) is 4.90. The maximum atomic E-state index is 12.6. The lowest BCUT2D eigenvalue weighted by Gasteiger charge is -2.09. The molecule has 1 aliphatic rings. The Morgan fingerprint density at radius 1 is 0.829 bits per heavy atom. The Hall–Kier alpha value is -4.44. The van der Waals surface area contributed by atoms with E-state index in [1.54, 1.807) is 55.5 Å². The van der Waals surface area contributed by atoms with Crippen LogP contribution in [0.25, 0.3) is 12.2 Å². The van der Waals surface area contributed by atoms with Gasteiger partial charge in [-0.1, -0.05) is 36.4 Å². The van der Waals surface area contributed by atoms with Crippen LogP contribution in [0.15, 0.2) is 70.8 Å². The maximum Gasteiger partial charge on any atom is 0.349 e. The van der Waals surface area contributed by atoms with Crippen molar-refractivity contribution in [1.29, 1.82) is 5.26 Å². The van der Waals surface area contributed by atoms with Gasteiger partial charge in [-0.15, -0.1) is 0 Å². The summed E-state index contributed by atoms with van der Waals surface area (Å²) in [6.07, 6.45) is 5.03. The monoisotopic (exact) mass is 471 g/mol. The Kier molecular flexibility index (Phi) is 8.36. The molecule has 1 saturated carbocycles. The number of nitriles is 1. The van der Waals surface area contributed by atoms with Crippen molar-refractivity contribution in [3.8, 4) is 6.07 Å². The molecular formula is C28H25NO6. The van der Waals surface area contributed by atoms with E-state index >= 15 is 0 Å². The molecule has 7 nitrogen and oxygen atoms in total. The standard InChI is InChI=1S/C28H25NO6/c1-4-35-28(32)24(17-29)25-22(15-18-5-9-20(10-6-18)26(30)33-2)13-14-23(25)16-19-7-11-21(12-8-19)27(31)34-3/h5-12,15-16H,4,13-14H2,1-3H3/b22-15+,23-16+. The van der Waals surface area contributed by atoms with Crippen LogP contribution in [-0.4, -0.2) is 38.7 Å². The van der Waals surface area contributed by atoms with E-state index in [0.717, 1.165) is 22.3 Å². The van der Waals surface area contributed by atoms with E-state index in [4.69, 9.17) is 14.2 Å². The Morgan fingerprint density at radius 2 is 1.26 bits per heavy atom. The predicted molar refractivity (Wildman–Crippen MR) is 130 cm³/mol. The summed E-state index contributed by atoms with van der Waals surface area (Å²) in [6.45, 7) is 1.84. The molecule has 0 heterocycles. The van der Waals surface area contributed by atoms with Gasteiger partial charge in [-0.05, 0) is 66.3 Å². The number of hydrogen-bond donors (Lipinski definition) is 0. The summed E-state index contributed by atoms with van der Waals surface area (Å²) in [5.41, 5.74) is 4.61. The largest absolute Gasteiger partial charge is 0.465 e. The first kappa shape index (κ1) is 25.2. The quantitative estimate of drug-likeness (QED) is 0.255. The third-order valence-electron chi connectivity index (χ3n) is 5.49. The first-order chi connectivity index (χ1) is 16.9. The van der Waals surface area contributed by atoms with Crippen molar-refractivity contribution in [1.82, 2.24) is 0 Å². The van der Waals surface area contributed by atoms with Gasteiger partial charge >= 0.3 is 17.9 Å². The lowest BCUT2D eigenvalue weighted by atomic mass is 9.96. The van der Waals surface area contributed by atoms with Crippen LogP contribution in [0.3, 0.4) is 0 Å². The van der Waals surface area contributed by atoms with Crippen molar-refractivity contribution in [3.63, 3.8) is 0 Å². The van der Waals surface area contributed by atoms with Crippen molar-refractivity contribution in [2.24, 2.45) is 0 Å². The number of carbonyl (C=O) groups excluding carboxylic acids is 3. The number of benzene rings is 2. The second kappa shape index (κ2) is 11.6. The van der Waals surface area contributed by atoms with Gasteiger partial charge in [0, 0.05) is 5.57 Å². The highest BCUT2D eigenvalue weighted by Crippen LogP contribution is 2.40. The van der Waals surface area contributed by atoms with E-state index in [0.29, 0.717) is 29.5 Å². The Morgan fingerprint density at radius 3 is 1.60 bits per heavy atom. The maximum absolute atomic E-state index is 12.6. The molecule has 0 amide bonds. The minimum absolute atomic E-state index is 0.0563. The van der Waals surface area contributed by atoms with Crippen LogP contribution in [-0.2, 0) is 19.0 Å². The SMILES string of the molecule is CCOC(=O)C(C#N)=C1/C(=C/c2ccc(C(=O)OC)cc2)CC/C1=C\c1ccc(C(=O)OC)cc1. The van der Waals surface area contributed by atoms with Crippen LogP contribution in [0.2, 0.25) is 0 Å². The number of allylic oxidation sites excluding steroid dienone is 3. The normalized spacial score (nSPS) is 15.0. The molecule has 1 aliphatic carbocycles. The van der Waals surface area contributed by atoms with Crippen LogP contribution < -0.4 is 0 Å². The van der Waals surface area contributed by atoms with Gasteiger partial charge in [0.2, 0.25) is 0 Å². The zero-order valence-corrected chi connectivity index (χ0v) is 19.8. The third kappa shape index (κ3) is 5.92. The van der Waals surface area contributed by atoms with Gasteiger partial charge in [0.25, 0.3) is 0 Å². The molecule has 0 unspecified atom stereocenters. The molecule has 35 heavy (non-hydrogen) atoms. The van der Waals surface area contributed by atoms with Crippen molar-refractivity contribution in [2.45, 2.75) is 19.8 Å². The van der Waals surface area contributed by atoms with Crippen LogP contribution >= 0.6 is 0 Å². The van der Waals surface area contributed by atoms with E-state index in [-0.39, 0.29) is 12.2 Å². The molecule has 1 fully saturated rings. The number of ether oxygens (including phenoxy) is 3. The first-order valence-corrected chi connectivity index (χ1v) is 11.0. The Balaban J connectivity index is 2.05. The van der Waals surface area contributed by atoms with Gasteiger partial charge in [0.05, 0.1) is 32.0 Å².